The number of amides is 1. The number of thioether (sulfide) groups is 1. The maximum atomic E-state index is 12.9. The van der Waals surface area contributed by atoms with E-state index in [0.717, 1.165) is 29.4 Å². The summed E-state index contributed by atoms with van der Waals surface area (Å²) in [5, 5.41) is 13.4. The third-order valence-corrected chi connectivity index (χ3v) is 7.79. The van der Waals surface area contributed by atoms with Gasteiger partial charge in [-0.15, -0.1) is 11.3 Å². The third-order valence-electron chi connectivity index (χ3n) is 5.25. The van der Waals surface area contributed by atoms with E-state index in [-0.39, 0.29) is 11.8 Å². The molecule has 0 bridgehead atoms. The Balaban J connectivity index is 1.52. The zero-order chi connectivity index (χ0) is 19.7. The molecule has 0 aliphatic carbocycles. The summed E-state index contributed by atoms with van der Waals surface area (Å²) in [6.45, 7) is 3.61. The molecule has 3 heterocycles. The number of carbonyl (C=O) groups excluding carboxylic acids is 1. The number of aryl methyl sites for hydroxylation is 1. The topological polar surface area (TPSA) is 47.3 Å². The molecule has 144 valence electrons. The fraction of sp³-hybridized carbons (Fsp3) is 0.333. The van der Waals surface area contributed by atoms with Crippen molar-refractivity contribution in [3.8, 4) is 6.07 Å². The smallest absolute Gasteiger partial charge is 0.229 e. The van der Waals surface area contributed by atoms with Gasteiger partial charge < -0.3 is 0 Å². The van der Waals surface area contributed by atoms with E-state index in [1.54, 1.807) is 28.0 Å². The fourth-order valence-corrected chi connectivity index (χ4v) is 5.85. The molecule has 0 spiro atoms. The number of thiophene rings is 1. The highest BCUT2D eigenvalue weighted by molar-refractivity contribution is 8.03. The molecular formula is C21H20ClN3OS2. The summed E-state index contributed by atoms with van der Waals surface area (Å²) >= 11 is 9.38. The minimum absolute atomic E-state index is 0.0819. The van der Waals surface area contributed by atoms with Crippen LogP contribution in [0.4, 0.5) is 0 Å². The van der Waals surface area contributed by atoms with Gasteiger partial charge in [0.15, 0.2) is 0 Å². The fourth-order valence-electron chi connectivity index (χ4n) is 3.65. The molecular weight excluding hydrogens is 410 g/mol. The number of hydrogen-bond donors (Lipinski definition) is 0. The average molecular weight is 430 g/mol. The summed E-state index contributed by atoms with van der Waals surface area (Å²) in [4.78, 5) is 18.4. The number of rotatable bonds is 4. The van der Waals surface area contributed by atoms with E-state index in [1.165, 1.54) is 10.4 Å². The molecule has 1 atom stereocenters. The predicted octanol–water partition coefficient (Wildman–Crippen LogP) is 4.97. The summed E-state index contributed by atoms with van der Waals surface area (Å²) in [5.74, 6) is 0.689. The van der Waals surface area contributed by atoms with Crippen LogP contribution in [0.2, 0.25) is 5.02 Å². The molecule has 1 amide bonds. The number of allylic oxidation sites excluding steroid dienone is 1. The lowest BCUT2D eigenvalue weighted by Gasteiger charge is -2.41. The number of nitrogens with zero attached hydrogens (tertiary/aromatic N) is 3. The summed E-state index contributed by atoms with van der Waals surface area (Å²) < 4.78 is 0. The lowest BCUT2D eigenvalue weighted by atomic mass is 9.86. The van der Waals surface area contributed by atoms with E-state index >= 15 is 0 Å². The highest BCUT2D eigenvalue weighted by Gasteiger charge is 2.38. The van der Waals surface area contributed by atoms with Crippen LogP contribution in [-0.2, 0) is 11.2 Å². The molecule has 0 N–H and O–H groups in total. The van der Waals surface area contributed by atoms with Crippen LogP contribution < -0.4 is 0 Å². The van der Waals surface area contributed by atoms with Gasteiger partial charge in [0.2, 0.25) is 5.91 Å². The van der Waals surface area contributed by atoms with Crippen LogP contribution in [0.25, 0.3) is 0 Å². The van der Waals surface area contributed by atoms with Crippen LogP contribution in [-0.4, -0.2) is 34.8 Å². The Morgan fingerprint density at radius 3 is 2.75 bits per heavy atom. The van der Waals surface area contributed by atoms with Crippen molar-refractivity contribution in [1.29, 1.82) is 5.26 Å². The number of hydrogen-bond acceptors (Lipinski definition) is 5. The first-order valence-electron chi connectivity index (χ1n) is 9.15. The summed E-state index contributed by atoms with van der Waals surface area (Å²) in [7, 11) is 0. The number of nitriles is 1. The van der Waals surface area contributed by atoms with Gasteiger partial charge in [-0.1, -0.05) is 35.5 Å². The largest absolute Gasteiger partial charge is 0.292 e. The molecule has 2 aliphatic heterocycles. The molecule has 1 saturated heterocycles. The van der Waals surface area contributed by atoms with Crippen molar-refractivity contribution in [3.63, 3.8) is 0 Å². The number of halogens is 1. The van der Waals surface area contributed by atoms with E-state index in [9.17, 15) is 10.1 Å². The van der Waals surface area contributed by atoms with Crippen molar-refractivity contribution in [3.05, 3.63) is 67.3 Å². The molecule has 4 nitrogen and oxygen atoms in total. The Morgan fingerprint density at radius 2 is 2.07 bits per heavy atom. The van der Waals surface area contributed by atoms with Crippen molar-refractivity contribution < 1.29 is 4.79 Å². The second-order valence-electron chi connectivity index (χ2n) is 7.05. The van der Waals surface area contributed by atoms with E-state index < -0.39 is 0 Å². The molecule has 0 unspecified atom stereocenters. The second-order valence-corrected chi connectivity index (χ2v) is 9.42. The van der Waals surface area contributed by atoms with Crippen LogP contribution in [0, 0.1) is 18.3 Å². The monoisotopic (exact) mass is 429 g/mol. The van der Waals surface area contributed by atoms with Gasteiger partial charge in [0.25, 0.3) is 0 Å². The Hall–Kier alpha value is -1.78. The van der Waals surface area contributed by atoms with E-state index in [0.29, 0.717) is 23.7 Å². The molecule has 4 rings (SSSR count). The molecule has 0 radical (unpaired) electrons. The first kappa shape index (κ1) is 19.5. The lowest BCUT2D eigenvalue weighted by Crippen LogP contribution is -2.47. The lowest BCUT2D eigenvalue weighted by molar-refractivity contribution is -0.131. The van der Waals surface area contributed by atoms with Gasteiger partial charge in [-0.3, -0.25) is 14.6 Å². The van der Waals surface area contributed by atoms with Crippen LogP contribution >= 0.6 is 34.7 Å². The highest BCUT2D eigenvalue weighted by atomic mass is 35.5. The van der Waals surface area contributed by atoms with Crippen molar-refractivity contribution in [2.45, 2.75) is 25.7 Å². The van der Waals surface area contributed by atoms with Gasteiger partial charge in [0, 0.05) is 28.8 Å². The minimum atomic E-state index is -0.186. The normalized spacial score (nSPS) is 20.2. The number of carbonyl (C=O) groups is 1. The van der Waals surface area contributed by atoms with Crippen molar-refractivity contribution >= 4 is 40.6 Å². The van der Waals surface area contributed by atoms with Gasteiger partial charge in [0.05, 0.1) is 29.2 Å². The van der Waals surface area contributed by atoms with Gasteiger partial charge in [-0.2, -0.15) is 5.26 Å². The molecule has 7 heteroatoms. The first-order chi connectivity index (χ1) is 13.6. The van der Waals surface area contributed by atoms with Crippen molar-refractivity contribution in [2.75, 3.05) is 19.1 Å². The molecule has 1 aromatic heterocycles. The number of benzene rings is 1. The van der Waals surface area contributed by atoms with Gasteiger partial charge >= 0.3 is 0 Å². The van der Waals surface area contributed by atoms with Crippen molar-refractivity contribution in [2.24, 2.45) is 0 Å². The Labute approximate surface area is 178 Å². The maximum Gasteiger partial charge on any atom is 0.229 e. The molecule has 0 saturated carbocycles. The SMILES string of the molecule is Cc1ccsc1CCN1CSC2=C(C#N)[C@@H](c3ccc(Cl)cc3)CC(=O)N2C1. The van der Waals surface area contributed by atoms with Crippen LogP contribution in [0.5, 0.6) is 0 Å². The molecule has 28 heavy (non-hydrogen) atoms. The zero-order valence-electron chi connectivity index (χ0n) is 15.5. The van der Waals surface area contributed by atoms with Crippen molar-refractivity contribution in [1.82, 2.24) is 9.80 Å². The van der Waals surface area contributed by atoms with Crippen LogP contribution in [0.3, 0.4) is 0 Å². The Morgan fingerprint density at radius 1 is 1.29 bits per heavy atom. The van der Waals surface area contributed by atoms with Crippen LogP contribution in [0.15, 0.2) is 46.3 Å². The molecule has 2 aliphatic rings. The highest BCUT2D eigenvalue weighted by Crippen LogP contribution is 2.42. The van der Waals surface area contributed by atoms with E-state index in [2.05, 4.69) is 29.3 Å². The zero-order valence-corrected chi connectivity index (χ0v) is 17.9. The summed E-state index contributed by atoms with van der Waals surface area (Å²) in [6, 6.07) is 12.0. The quantitative estimate of drug-likeness (QED) is 0.688. The Bertz CT molecular complexity index is 961. The molecule has 1 fully saturated rings. The maximum absolute atomic E-state index is 12.9. The minimum Gasteiger partial charge on any atom is -0.292 e. The summed E-state index contributed by atoms with van der Waals surface area (Å²) in [6.07, 6.45) is 1.32. The van der Waals surface area contributed by atoms with E-state index in [1.807, 2.05) is 24.3 Å². The van der Waals surface area contributed by atoms with E-state index in [4.69, 9.17) is 11.6 Å². The van der Waals surface area contributed by atoms with Crippen LogP contribution in [0.1, 0.15) is 28.3 Å². The number of fused-ring (bicyclic) bond motifs is 1. The average Bonchev–Trinajstić information content (AvgIpc) is 3.12. The Kier molecular flexibility index (Phi) is 5.79. The van der Waals surface area contributed by atoms with Gasteiger partial charge in [-0.25, -0.2) is 0 Å². The molecule has 2 aromatic rings. The van der Waals surface area contributed by atoms with Gasteiger partial charge in [-0.05, 0) is 48.1 Å². The standard InChI is InChI=1S/C21H20ClN3OS2/c1-14-7-9-27-19(14)6-8-24-12-25-20(26)10-17(15-2-4-16(22)5-3-15)18(11-23)21(25)28-13-24/h2-5,7,9,17H,6,8,10,12-13H2,1H3/t17-/m1/s1. The first-order valence-corrected chi connectivity index (χ1v) is 11.4. The summed E-state index contributed by atoms with van der Waals surface area (Å²) in [5.41, 5.74) is 3.00. The third kappa shape index (κ3) is 3.85. The van der Waals surface area contributed by atoms with Gasteiger partial charge in [0.1, 0.15) is 0 Å². The predicted molar refractivity (Wildman–Crippen MR) is 115 cm³/mol. The molecule has 1 aromatic carbocycles. The second kappa shape index (κ2) is 8.30.